The zero-order valence-electron chi connectivity index (χ0n) is 12.1. The van der Waals surface area contributed by atoms with Crippen LogP contribution in [0.2, 0.25) is 0 Å². The molecule has 116 valence electrons. The standard InChI is InChI=1S/C16H12N2O3S2/c1-10(19)21-12-5-2-4-11(8-12)15(20)18-16-17-13(9-23-16)14-6-3-7-22-14/h2-9H,1H3,(H,17,18,20). The summed E-state index contributed by atoms with van der Waals surface area (Å²) in [6, 6.07) is 10.4. The molecule has 3 aromatic rings. The summed E-state index contributed by atoms with van der Waals surface area (Å²) in [6.07, 6.45) is 0. The molecule has 1 N–H and O–H groups in total. The zero-order chi connectivity index (χ0) is 16.2. The first-order valence-corrected chi connectivity index (χ1v) is 8.47. The van der Waals surface area contributed by atoms with Crippen molar-refractivity contribution in [3.05, 3.63) is 52.7 Å². The summed E-state index contributed by atoms with van der Waals surface area (Å²) >= 11 is 2.96. The van der Waals surface area contributed by atoms with Crippen molar-refractivity contribution >= 4 is 39.7 Å². The number of benzene rings is 1. The molecule has 0 aliphatic carbocycles. The molecule has 2 heterocycles. The highest BCUT2D eigenvalue weighted by atomic mass is 32.1. The molecule has 1 amide bonds. The number of thiazole rings is 1. The number of hydrogen-bond donors (Lipinski definition) is 1. The van der Waals surface area contributed by atoms with Crippen LogP contribution >= 0.6 is 22.7 Å². The number of anilines is 1. The molecule has 23 heavy (non-hydrogen) atoms. The summed E-state index contributed by atoms with van der Waals surface area (Å²) in [6.45, 7) is 1.31. The van der Waals surface area contributed by atoms with E-state index in [9.17, 15) is 9.59 Å². The number of rotatable bonds is 4. The van der Waals surface area contributed by atoms with Crippen molar-refractivity contribution in [3.8, 4) is 16.3 Å². The second kappa shape index (κ2) is 6.72. The van der Waals surface area contributed by atoms with Crippen molar-refractivity contribution in [2.75, 3.05) is 5.32 Å². The summed E-state index contributed by atoms with van der Waals surface area (Å²) in [5.74, 6) is -0.391. The molecule has 0 atom stereocenters. The van der Waals surface area contributed by atoms with Gasteiger partial charge < -0.3 is 4.74 Å². The molecular formula is C16H12N2O3S2. The maximum atomic E-state index is 12.3. The number of carbonyl (C=O) groups is 2. The average Bonchev–Trinajstić information content (AvgIpc) is 3.17. The summed E-state index contributed by atoms with van der Waals surface area (Å²) in [5.41, 5.74) is 1.24. The first-order chi connectivity index (χ1) is 11.1. The van der Waals surface area contributed by atoms with E-state index in [1.165, 1.54) is 24.3 Å². The highest BCUT2D eigenvalue weighted by Crippen LogP contribution is 2.28. The second-order valence-electron chi connectivity index (χ2n) is 4.59. The van der Waals surface area contributed by atoms with Crippen LogP contribution < -0.4 is 10.1 Å². The monoisotopic (exact) mass is 344 g/mol. The van der Waals surface area contributed by atoms with Crippen molar-refractivity contribution in [2.45, 2.75) is 6.92 Å². The Hall–Kier alpha value is -2.51. The molecule has 5 nitrogen and oxygen atoms in total. The van der Waals surface area contributed by atoms with Crippen LogP contribution in [-0.2, 0) is 4.79 Å². The maximum Gasteiger partial charge on any atom is 0.308 e. The van der Waals surface area contributed by atoms with Gasteiger partial charge in [-0.05, 0) is 29.6 Å². The molecule has 0 radical (unpaired) electrons. The van der Waals surface area contributed by atoms with Gasteiger partial charge in [-0.15, -0.1) is 22.7 Å². The number of carbonyl (C=O) groups excluding carboxylic acids is 2. The van der Waals surface area contributed by atoms with Crippen LogP contribution in [0.4, 0.5) is 5.13 Å². The van der Waals surface area contributed by atoms with E-state index in [0.717, 1.165) is 10.6 Å². The van der Waals surface area contributed by atoms with E-state index in [1.54, 1.807) is 29.5 Å². The topological polar surface area (TPSA) is 68.3 Å². The van der Waals surface area contributed by atoms with Crippen LogP contribution in [0.15, 0.2) is 47.2 Å². The summed E-state index contributed by atoms with van der Waals surface area (Å²) < 4.78 is 4.98. The predicted octanol–water partition coefficient (Wildman–Crippen LogP) is 4.05. The van der Waals surface area contributed by atoms with Crippen molar-refractivity contribution in [3.63, 3.8) is 0 Å². The number of aromatic nitrogens is 1. The third kappa shape index (κ3) is 3.82. The fourth-order valence-electron chi connectivity index (χ4n) is 1.90. The molecule has 0 unspecified atom stereocenters. The Bertz CT molecular complexity index is 841. The number of esters is 1. The first kappa shape index (κ1) is 15.4. The zero-order valence-corrected chi connectivity index (χ0v) is 13.7. The van der Waals surface area contributed by atoms with Gasteiger partial charge in [0.25, 0.3) is 5.91 Å². The van der Waals surface area contributed by atoms with Gasteiger partial charge in [-0.3, -0.25) is 14.9 Å². The van der Waals surface area contributed by atoms with Crippen LogP contribution in [0.1, 0.15) is 17.3 Å². The third-order valence-corrected chi connectivity index (χ3v) is 4.51. The minimum absolute atomic E-state index is 0.300. The summed E-state index contributed by atoms with van der Waals surface area (Å²) in [5, 5.41) is 7.16. The second-order valence-corrected chi connectivity index (χ2v) is 6.40. The predicted molar refractivity (Wildman–Crippen MR) is 91.1 cm³/mol. The number of thiophene rings is 1. The van der Waals surface area contributed by atoms with E-state index in [-0.39, 0.29) is 5.91 Å². The minimum atomic E-state index is -0.428. The largest absolute Gasteiger partial charge is 0.427 e. The van der Waals surface area contributed by atoms with E-state index in [2.05, 4.69) is 10.3 Å². The molecule has 2 aromatic heterocycles. The van der Waals surface area contributed by atoms with Gasteiger partial charge in [-0.1, -0.05) is 12.1 Å². The van der Waals surface area contributed by atoms with Gasteiger partial charge in [0.2, 0.25) is 0 Å². The molecule has 3 rings (SSSR count). The number of nitrogens with one attached hydrogen (secondary N) is 1. The molecule has 0 saturated carbocycles. The lowest BCUT2D eigenvalue weighted by Gasteiger charge is -2.04. The van der Waals surface area contributed by atoms with Gasteiger partial charge in [0.15, 0.2) is 5.13 Å². The van der Waals surface area contributed by atoms with E-state index < -0.39 is 5.97 Å². The van der Waals surface area contributed by atoms with E-state index in [4.69, 9.17) is 4.74 Å². The maximum absolute atomic E-state index is 12.3. The smallest absolute Gasteiger partial charge is 0.308 e. The highest BCUT2D eigenvalue weighted by Gasteiger charge is 2.11. The van der Waals surface area contributed by atoms with E-state index >= 15 is 0 Å². The number of ether oxygens (including phenoxy) is 1. The Kier molecular flexibility index (Phi) is 4.50. The Morgan fingerprint density at radius 3 is 2.78 bits per heavy atom. The molecule has 0 bridgehead atoms. The van der Waals surface area contributed by atoms with Crippen molar-refractivity contribution in [2.24, 2.45) is 0 Å². The van der Waals surface area contributed by atoms with Crippen LogP contribution in [0, 0.1) is 0 Å². The van der Waals surface area contributed by atoms with Gasteiger partial charge in [0.1, 0.15) is 5.75 Å². The normalized spacial score (nSPS) is 10.3. The van der Waals surface area contributed by atoms with E-state index in [1.807, 2.05) is 22.9 Å². The van der Waals surface area contributed by atoms with Gasteiger partial charge in [-0.2, -0.15) is 0 Å². The van der Waals surface area contributed by atoms with E-state index in [0.29, 0.717) is 16.4 Å². The molecule has 0 fully saturated rings. The van der Waals surface area contributed by atoms with Gasteiger partial charge in [0.05, 0.1) is 10.6 Å². The lowest BCUT2D eigenvalue weighted by molar-refractivity contribution is -0.131. The molecule has 0 aliphatic heterocycles. The molecule has 1 aromatic carbocycles. The van der Waals surface area contributed by atoms with Gasteiger partial charge in [0, 0.05) is 17.9 Å². The van der Waals surface area contributed by atoms with Crippen LogP contribution in [0.3, 0.4) is 0 Å². The van der Waals surface area contributed by atoms with Gasteiger partial charge >= 0.3 is 5.97 Å². The Labute approximate surface area is 140 Å². The van der Waals surface area contributed by atoms with Crippen LogP contribution in [0.25, 0.3) is 10.6 Å². The van der Waals surface area contributed by atoms with Crippen LogP contribution in [0.5, 0.6) is 5.75 Å². The Morgan fingerprint density at radius 2 is 2.04 bits per heavy atom. The third-order valence-electron chi connectivity index (χ3n) is 2.86. The molecule has 7 heteroatoms. The lowest BCUT2D eigenvalue weighted by Crippen LogP contribution is -2.12. The fraction of sp³-hybridized carbons (Fsp3) is 0.0625. The lowest BCUT2D eigenvalue weighted by atomic mass is 10.2. The summed E-state index contributed by atoms with van der Waals surface area (Å²) in [4.78, 5) is 28.7. The van der Waals surface area contributed by atoms with Crippen molar-refractivity contribution < 1.29 is 14.3 Å². The summed E-state index contributed by atoms with van der Waals surface area (Å²) in [7, 11) is 0. The number of nitrogens with zero attached hydrogens (tertiary/aromatic N) is 1. The van der Waals surface area contributed by atoms with Crippen LogP contribution in [-0.4, -0.2) is 16.9 Å². The minimum Gasteiger partial charge on any atom is -0.427 e. The molecular weight excluding hydrogens is 332 g/mol. The Balaban J connectivity index is 1.73. The van der Waals surface area contributed by atoms with Crippen molar-refractivity contribution in [1.82, 2.24) is 4.98 Å². The molecule has 0 aliphatic rings. The highest BCUT2D eigenvalue weighted by molar-refractivity contribution is 7.16. The first-order valence-electron chi connectivity index (χ1n) is 6.71. The number of amides is 1. The quantitative estimate of drug-likeness (QED) is 0.573. The molecule has 0 saturated heterocycles. The SMILES string of the molecule is CC(=O)Oc1cccc(C(=O)Nc2nc(-c3cccs3)cs2)c1. The number of hydrogen-bond acceptors (Lipinski definition) is 6. The van der Waals surface area contributed by atoms with Gasteiger partial charge in [-0.25, -0.2) is 4.98 Å². The average molecular weight is 344 g/mol. The Morgan fingerprint density at radius 1 is 1.17 bits per heavy atom. The molecule has 0 spiro atoms. The fourth-order valence-corrected chi connectivity index (χ4v) is 3.37. The van der Waals surface area contributed by atoms with Crippen molar-refractivity contribution in [1.29, 1.82) is 0 Å².